The number of hydrogen-bond acceptors (Lipinski definition) is 5. The van der Waals surface area contributed by atoms with Gasteiger partial charge in [0.05, 0.1) is 23.9 Å². The molecule has 0 amide bonds. The highest BCUT2D eigenvalue weighted by atomic mass is 16.5. The average Bonchev–Trinajstić information content (AvgIpc) is 2.71. The third kappa shape index (κ3) is 7.82. The third-order valence-corrected chi connectivity index (χ3v) is 5.29. The van der Waals surface area contributed by atoms with Gasteiger partial charge in [0, 0.05) is 30.7 Å². The molecule has 0 aliphatic rings. The Labute approximate surface area is 176 Å². The Hall–Kier alpha value is -1.85. The fourth-order valence-electron chi connectivity index (χ4n) is 3.68. The number of aliphatic hydroxyl groups is 1. The Morgan fingerprint density at radius 1 is 1.10 bits per heavy atom. The van der Waals surface area contributed by atoms with E-state index in [9.17, 15) is 5.11 Å². The second-order valence-corrected chi connectivity index (χ2v) is 8.29. The van der Waals surface area contributed by atoms with Crippen LogP contribution in [0.2, 0.25) is 0 Å². The quantitative estimate of drug-likeness (QED) is 0.432. The largest absolute Gasteiger partial charge is 0.497 e. The number of aromatic nitrogens is 1. The van der Waals surface area contributed by atoms with Crippen LogP contribution in [-0.4, -0.2) is 53.9 Å². The molecule has 1 aromatic heterocycles. The van der Waals surface area contributed by atoms with E-state index < -0.39 is 5.60 Å². The molecule has 1 aromatic carbocycles. The van der Waals surface area contributed by atoms with Crippen molar-refractivity contribution in [3.8, 4) is 5.75 Å². The first-order valence-electron chi connectivity index (χ1n) is 11.1. The lowest BCUT2D eigenvalue weighted by atomic mass is 10.0. The number of unbranched alkanes of at least 4 members (excludes halogenated alkanes) is 4. The number of pyridine rings is 1. The monoisotopic (exact) mass is 401 g/mol. The number of fused-ring (bicyclic) bond motifs is 1. The lowest BCUT2D eigenvalue weighted by molar-refractivity contribution is 0.0298. The molecule has 0 saturated heterocycles. The van der Waals surface area contributed by atoms with Crippen LogP contribution in [0.1, 0.15) is 59.3 Å². The topological polar surface area (TPSA) is 57.6 Å². The van der Waals surface area contributed by atoms with E-state index in [2.05, 4.69) is 29.0 Å². The van der Waals surface area contributed by atoms with Gasteiger partial charge >= 0.3 is 0 Å². The Morgan fingerprint density at radius 3 is 2.41 bits per heavy atom. The molecule has 0 aliphatic carbocycles. The maximum Gasteiger partial charge on any atom is 0.121 e. The summed E-state index contributed by atoms with van der Waals surface area (Å²) in [5.74, 6) is 0.786. The average molecular weight is 402 g/mol. The van der Waals surface area contributed by atoms with Crippen LogP contribution < -0.4 is 10.1 Å². The number of ether oxygens (including phenoxy) is 1. The molecular formula is C24H39N3O2. The SMILES string of the molecule is CCCCCN(CCCCC)C[C@@](C)(O)CNc1cc(OC)cc2cccnc12. The van der Waals surface area contributed by atoms with Crippen molar-refractivity contribution >= 4 is 16.6 Å². The number of nitrogens with one attached hydrogen (secondary N) is 1. The van der Waals surface area contributed by atoms with Gasteiger partial charge in [-0.15, -0.1) is 0 Å². The number of anilines is 1. The molecule has 5 heteroatoms. The minimum atomic E-state index is -0.831. The summed E-state index contributed by atoms with van der Waals surface area (Å²) in [7, 11) is 1.67. The van der Waals surface area contributed by atoms with Crippen molar-refractivity contribution in [3.05, 3.63) is 30.5 Å². The van der Waals surface area contributed by atoms with E-state index in [1.54, 1.807) is 13.3 Å². The van der Waals surface area contributed by atoms with E-state index in [0.29, 0.717) is 13.1 Å². The van der Waals surface area contributed by atoms with E-state index in [1.165, 1.54) is 38.5 Å². The molecule has 0 bridgehead atoms. The summed E-state index contributed by atoms with van der Waals surface area (Å²) in [6, 6.07) is 7.88. The minimum absolute atomic E-state index is 0.462. The molecule has 0 fully saturated rings. The van der Waals surface area contributed by atoms with Gasteiger partial charge in [-0.1, -0.05) is 45.6 Å². The second kappa shape index (κ2) is 12.0. The van der Waals surface area contributed by atoms with Gasteiger partial charge < -0.3 is 20.1 Å². The summed E-state index contributed by atoms with van der Waals surface area (Å²) in [6.45, 7) is 9.62. The molecule has 0 saturated carbocycles. The molecule has 29 heavy (non-hydrogen) atoms. The minimum Gasteiger partial charge on any atom is -0.497 e. The van der Waals surface area contributed by atoms with Gasteiger partial charge in [0.1, 0.15) is 5.75 Å². The molecular weight excluding hydrogens is 362 g/mol. The van der Waals surface area contributed by atoms with Gasteiger partial charge in [-0.3, -0.25) is 4.98 Å². The van der Waals surface area contributed by atoms with Crippen molar-refractivity contribution in [2.75, 3.05) is 38.6 Å². The summed E-state index contributed by atoms with van der Waals surface area (Å²) in [5, 5.41) is 15.5. The summed E-state index contributed by atoms with van der Waals surface area (Å²) in [6.07, 6.45) is 9.10. The second-order valence-electron chi connectivity index (χ2n) is 8.29. The first-order chi connectivity index (χ1) is 14.0. The van der Waals surface area contributed by atoms with Crippen LogP contribution in [0.3, 0.4) is 0 Å². The molecule has 5 nitrogen and oxygen atoms in total. The Morgan fingerprint density at radius 2 is 1.79 bits per heavy atom. The van der Waals surface area contributed by atoms with Crippen molar-refractivity contribution in [2.45, 2.75) is 64.9 Å². The van der Waals surface area contributed by atoms with Gasteiger partial charge in [-0.2, -0.15) is 0 Å². The molecule has 1 atom stereocenters. The Kier molecular flexibility index (Phi) is 9.68. The Bertz CT molecular complexity index is 723. The normalized spacial score (nSPS) is 13.6. The predicted molar refractivity (Wildman–Crippen MR) is 123 cm³/mol. The standard InChI is InChI=1S/C24H39N3O2/c1-5-7-9-14-27(15-10-8-6-2)19-24(3,28)18-26-22-17-21(29-4)16-20-12-11-13-25-23(20)22/h11-13,16-17,26,28H,5-10,14-15,18-19H2,1-4H3/t24-/m0/s1. The molecule has 1 heterocycles. The van der Waals surface area contributed by atoms with Gasteiger partial charge in [-0.25, -0.2) is 0 Å². The van der Waals surface area contributed by atoms with E-state index in [4.69, 9.17) is 4.74 Å². The van der Waals surface area contributed by atoms with E-state index >= 15 is 0 Å². The van der Waals surface area contributed by atoms with E-state index in [-0.39, 0.29) is 0 Å². The number of rotatable bonds is 14. The highest BCUT2D eigenvalue weighted by Gasteiger charge is 2.24. The lowest BCUT2D eigenvalue weighted by Gasteiger charge is -2.32. The number of methoxy groups -OCH3 is 1. The number of hydrogen-bond donors (Lipinski definition) is 2. The summed E-state index contributed by atoms with van der Waals surface area (Å²) in [5.41, 5.74) is 0.957. The number of benzene rings is 1. The van der Waals surface area contributed by atoms with Crippen LogP contribution in [0.5, 0.6) is 5.75 Å². The van der Waals surface area contributed by atoms with Gasteiger partial charge in [-0.05, 0) is 45.0 Å². The van der Waals surface area contributed by atoms with Crippen LogP contribution in [0.25, 0.3) is 10.9 Å². The highest BCUT2D eigenvalue weighted by molar-refractivity contribution is 5.91. The van der Waals surface area contributed by atoms with Gasteiger partial charge in [0.2, 0.25) is 0 Å². The molecule has 2 rings (SSSR count). The number of nitrogens with zero attached hydrogens (tertiary/aromatic N) is 2. The zero-order chi connectivity index (χ0) is 21.1. The smallest absolute Gasteiger partial charge is 0.121 e. The predicted octanol–water partition coefficient (Wildman–Crippen LogP) is 5.09. The first kappa shape index (κ1) is 23.4. The maximum absolute atomic E-state index is 11.1. The first-order valence-corrected chi connectivity index (χ1v) is 11.1. The highest BCUT2D eigenvalue weighted by Crippen LogP contribution is 2.28. The van der Waals surface area contributed by atoms with Gasteiger partial charge in [0.25, 0.3) is 0 Å². The Balaban J connectivity index is 2.04. The molecule has 0 radical (unpaired) electrons. The van der Waals surface area contributed by atoms with E-state index in [0.717, 1.165) is 35.4 Å². The summed E-state index contributed by atoms with van der Waals surface area (Å²) in [4.78, 5) is 6.93. The fraction of sp³-hybridized carbons (Fsp3) is 0.625. The van der Waals surface area contributed by atoms with Gasteiger partial charge in [0.15, 0.2) is 0 Å². The molecule has 0 spiro atoms. The van der Waals surface area contributed by atoms with Crippen molar-refractivity contribution in [1.29, 1.82) is 0 Å². The van der Waals surface area contributed by atoms with Crippen molar-refractivity contribution in [3.63, 3.8) is 0 Å². The van der Waals surface area contributed by atoms with Crippen molar-refractivity contribution < 1.29 is 9.84 Å². The van der Waals surface area contributed by atoms with E-state index in [1.807, 2.05) is 31.2 Å². The van der Waals surface area contributed by atoms with Crippen LogP contribution in [-0.2, 0) is 0 Å². The maximum atomic E-state index is 11.1. The van der Waals surface area contributed by atoms with Crippen molar-refractivity contribution in [2.24, 2.45) is 0 Å². The zero-order valence-electron chi connectivity index (χ0n) is 18.7. The van der Waals surface area contributed by atoms with Crippen LogP contribution >= 0.6 is 0 Å². The molecule has 0 aliphatic heterocycles. The third-order valence-electron chi connectivity index (χ3n) is 5.29. The lowest BCUT2D eigenvalue weighted by Crippen LogP contribution is -2.46. The molecule has 2 N–H and O–H groups in total. The summed E-state index contributed by atoms with van der Waals surface area (Å²) < 4.78 is 5.43. The molecule has 2 aromatic rings. The molecule has 0 unspecified atom stereocenters. The zero-order valence-corrected chi connectivity index (χ0v) is 18.7. The fourth-order valence-corrected chi connectivity index (χ4v) is 3.68. The van der Waals surface area contributed by atoms with Crippen molar-refractivity contribution in [1.82, 2.24) is 9.88 Å². The summed E-state index contributed by atoms with van der Waals surface area (Å²) >= 11 is 0. The van der Waals surface area contributed by atoms with Crippen LogP contribution in [0.15, 0.2) is 30.5 Å². The van der Waals surface area contributed by atoms with Crippen LogP contribution in [0, 0.1) is 0 Å². The van der Waals surface area contributed by atoms with Crippen LogP contribution in [0.4, 0.5) is 5.69 Å². The molecule has 162 valence electrons.